The summed E-state index contributed by atoms with van der Waals surface area (Å²) in [6.45, 7) is 22.1. The number of cyclic esters (lactones) is 1. The molecule has 0 saturated carbocycles. The third-order valence-electron chi connectivity index (χ3n) is 13.5. The maximum Gasteiger partial charge on any atom is 0.410 e. The fraction of sp³-hybridized carbons (Fsp3) is 0.711. The number of aromatic nitrogens is 3. The number of ketones is 1. The highest BCUT2D eigenvalue weighted by Gasteiger charge is 2.59. The largest absolute Gasteiger partial charge is 0.458 e. The first-order valence-electron chi connectivity index (χ1n) is 21.3. The second kappa shape index (κ2) is 18.9. The van der Waals surface area contributed by atoms with Crippen molar-refractivity contribution in [1.82, 2.24) is 24.3 Å². The van der Waals surface area contributed by atoms with E-state index >= 15 is 0 Å². The predicted octanol–water partition coefficient (Wildman–Crippen LogP) is 6.48. The zero-order valence-electron chi connectivity index (χ0n) is 37.3. The van der Waals surface area contributed by atoms with Gasteiger partial charge >= 0.3 is 12.1 Å². The van der Waals surface area contributed by atoms with E-state index in [0.29, 0.717) is 32.2 Å². The Morgan fingerprint density at radius 2 is 1.83 bits per heavy atom. The fourth-order valence-corrected chi connectivity index (χ4v) is 9.73. The number of fused-ring (bicyclic) bond motifs is 1. The van der Waals surface area contributed by atoms with Gasteiger partial charge in [0.2, 0.25) is 0 Å². The average molecular weight is 824 g/mol. The van der Waals surface area contributed by atoms with Crippen LogP contribution in [0.5, 0.6) is 0 Å². The topological polar surface area (TPSA) is 155 Å². The SMILES string of the molecule is C=C1[C@H](C)C[C@@](C)(OC)[C@H](O[C@@H]2O[C@H](C)C[C@H](N(C)C)[C@H]2O)[C@@H](C)C(=O)[C@@H](C)C(=O)O[C@H](CC)[C@@]2(C)OC(=O)N(CCC[C@@H](C)n3cnc(-c4cccnc4)c3)[C@H]2[C@H]1C. The van der Waals surface area contributed by atoms with Gasteiger partial charge in [-0.3, -0.25) is 14.6 Å². The van der Waals surface area contributed by atoms with E-state index in [0.717, 1.165) is 23.3 Å². The first-order chi connectivity index (χ1) is 27.8. The van der Waals surface area contributed by atoms with Gasteiger partial charge in [0.25, 0.3) is 0 Å². The van der Waals surface area contributed by atoms with Crippen LogP contribution in [-0.4, -0.2) is 129 Å². The smallest absolute Gasteiger partial charge is 0.410 e. The van der Waals surface area contributed by atoms with Gasteiger partial charge in [0.15, 0.2) is 17.7 Å². The molecule has 2 aromatic heterocycles. The lowest BCUT2D eigenvalue weighted by Crippen LogP contribution is -2.59. The van der Waals surface area contributed by atoms with Crippen molar-refractivity contribution in [1.29, 1.82) is 0 Å². The number of aliphatic hydroxyl groups is 1. The highest BCUT2D eigenvalue weighted by molar-refractivity contribution is 6.00. The van der Waals surface area contributed by atoms with Crippen molar-refractivity contribution in [3.63, 3.8) is 0 Å². The van der Waals surface area contributed by atoms with Crippen molar-refractivity contribution in [3.8, 4) is 11.3 Å². The standard InChI is InChI=1S/C45H69N5O9/c1-14-36-45(10)39(50(43(54)59-45)20-16-17-27(3)49-24-34(47-25-49)33-18-15-19-46-23-33)30(6)29(5)26(2)22-44(9,55-13)40(31(7)37(51)32(8)41(53)57-36)58-42-38(52)35(48(11)12)21-28(4)56-42/h15,18-19,23-28,30-32,35-36,38-40,42,52H,5,14,16-17,20-22H2,1-4,6-13H3/t26-,27-,28-,30+,31+,32-,35+,36-,38-,39+,40-,42+,44-,45-/m1/s1. The summed E-state index contributed by atoms with van der Waals surface area (Å²) < 4.78 is 33.8. The van der Waals surface area contributed by atoms with E-state index in [1.807, 2.05) is 78.3 Å². The minimum Gasteiger partial charge on any atom is -0.458 e. The fourth-order valence-electron chi connectivity index (χ4n) is 9.73. The summed E-state index contributed by atoms with van der Waals surface area (Å²) in [6, 6.07) is 3.17. The van der Waals surface area contributed by atoms with Gasteiger partial charge in [-0.2, -0.15) is 0 Å². The Bertz CT molecular complexity index is 1770. The van der Waals surface area contributed by atoms with E-state index in [9.17, 15) is 19.5 Å². The molecule has 59 heavy (non-hydrogen) atoms. The van der Waals surface area contributed by atoms with Crippen LogP contribution >= 0.6 is 0 Å². The number of methoxy groups -OCH3 is 1. The monoisotopic (exact) mass is 824 g/mol. The lowest BCUT2D eigenvalue weighted by Gasteiger charge is -2.47. The zero-order chi connectivity index (χ0) is 43.6. The number of hydrogen-bond acceptors (Lipinski definition) is 12. The lowest BCUT2D eigenvalue weighted by molar-refractivity contribution is -0.295. The summed E-state index contributed by atoms with van der Waals surface area (Å²) in [5.41, 5.74) is 0.265. The molecule has 328 valence electrons. The number of imidazole rings is 1. The highest BCUT2D eigenvalue weighted by Crippen LogP contribution is 2.45. The number of nitrogens with zero attached hydrogens (tertiary/aromatic N) is 5. The Kier molecular flexibility index (Phi) is 14.9. The van der Waals surface area contributed by atoms with E-state index in [2.05, 4.69) is 35.0 Å². The van der Waals surface area contributed by atoms with Crippen molar-refractivity contribution in [2.24, 2.45) is 23.7 Å². The van der Waals surface area contributed by atoms with E-state index < -0.39 is 71.5 Å². The highest BCUT2D eigenvalue weighted by atomic mass is 16.7. The Balaban J connectivity index is 1.45. The molecule has 14 heteroatoms. The van der Waals surface area contributed by atoms with Crippen LogP contribution in [0.3, 0.4) is 0 Å². The molecule has 3 saturated heterocycles. The minimum atomic E-state index is -1.25. The number of ether oxygens (including phenoxy) is 5. The number of amides is 1. The molecule has 0 spiro atoms. The number of pyridine rings is 1. The number of carbonyl (C=O) groups excluding carboxylic acids is 3. The van der Waals surface area contributed by atoms with Gasteiger partial charge in [-0.25, -0.2) is 9.78 Å². The maximum atomic E-state index is 14.4. The quantitative estimate of drug-likeness (QED) is 0.150. The molecule has 3 aliphatic heterocycles. The van der Waals surface area contributed by atoms with Crippen molar-refractivity contribution in [2.75, 3.05) is 27.7 Å². The third-order valence-corrected chi connectivity index (χ3v) is 13.5. The number of hydrogen-bond donors (Lipinski definition) is 1. The van der Waals surface area contributed by atoms with Crippen molar-refractivity contribution < 1.29 is 43.2 Å². The molecule has 2 aromatic rings. The number of carbonyl (C=O) groups is 3. The zero-order valence-corrected chi connectivity index (χ0v) is 37.3. The summed E-state index contributed by atoms with van der Waals surface area (Å²) >= 11 is 0. The molecule has 14 atom stereocenters. The number of Topliss-reactive ketones (excluding diaryl/α,β-unsaturated/α-hetero) is 1. The van der Waals surface area contributed by atoms with E-state index in [4.69, 9.17) is 23.7 Å². The van der Waals surface area contributed by atoms with Gasteiger partial charge in [-0.05, 0) is 98.9 Å². The van der Waals surface area contributed by atoms with E-state index in [-0.39, 0.29) is 30.0 Å². The third kappa shape index (κ3) is 9.62. The van der Waals surface area contributed by atoms with Crippen LogP contribution in [0.25, 0.3) is 11.3 Å². The molecular weight excluding hydrogens is 755 g/mol. The van der Waals surface area contributed by atoms with Crippen LogP contribution < -0.4 is 0 Å². The Hall–Kier alpha value is -3.69. The van der Waals surface area contributed by atoms with Crippen LogP contribution in [0.1, 0.15) is 100 Å². The van der Waals surface area contributed by atoms with Crippen molar-refractivity contribution >= 4 is 17.8 Å². The molecular formula is C45H69N5O9. The number of esters is 1. The minimum absolute atomic E-state index is 0.0964. The molecule has 0 aliphatic carbocycles. The summed E-state index contributed by atoms with van der Waals surface area (Å²) in [5, 5.41) is 11.5. The molecule has 0 radical (unpaired) electrons. The average Bonchev–Trinajstić information content (AvgIpc) is 3.81. The first kappa shape index (κ1) is 46.4. The van der Waals surface area contributed by atoms with Crippen LogP contribution in [0, 0.1) is 23.7 Å². The van der Waals surface area contributed by atoms with Gasteiger partial charge in [-0.15, -0.1) is 0 Å². The molecule has 14 nitrogen and oxygen atoms in total. The normalized spacial score (nSPS) is 36.8. The first-order valence-corrected chi connectivity index (χ1v) is 21.3. The maximum absolute atomic E-state index is 14.4. The van der Waals surface area contributed by atoms with E-state index in [1.54, 1.807) is 31.3 Å². The lowest BCUT2D eigenvalue weighted by atomic mass is 9.72. The van der Waals surface area contributed by atoms with Gasteiger partial charge in [0.1, 0.15) is 18.1 Å². The van der Waals surface area contributed by atoms with Crippen molar-refractivity contribution in [2.45, 2.75) is 154 Å². The summed E-state index contributed by atoms with van der Waals surface area (Å²) in [4.78, 5) is 55.0. The Labute approximate surface area is 351 Å². The van der Waals surface area contributed by atoms with Gasteiger partial charge in [0.05, 0.1) is 35.9 Å². The molecule has 0 aromatic carbocycles. The Morgan fingerprint density at radius 3 is 2.46 bits per heavy atom. The van der Waals surface area contributed by atoms with Crippen LogP contribution in [0.2, 0.25) is 0 Å². The molecule has 0 unspecified atom stereocenters. The Morgan fingerprint density at radius 1 is 1.12 bits per heavy atom. The summed E-state index contributed by atoms with van der Waals surface area (Å²) in [5.74, 6) is -3.68. The molecule has 0 bridgehead atoms. The second-order valence-electron chi connectivity index (χ2n) is 18.0. The van der Waals surface area contributed by atoms with E-state index in [1.165, 1.54) is 6.92 Å². The molecule has 5 heterocycles. The van der Waals surface area contributed by atoms with Crippen LogP contribution in [0.15, 0.2) is 49.2 Å². The molecule has 1 N–H and O–H groups in total. The summed E-state index contributed by atoms with van der Waals surface area (Å²) in [7, 11) is 5.38. The number of aliphatic hydroxyl groups excluding tert-OH is 1. The van der Waals surface area contributed by atoms with Gasteiger partial charge in [-0.1, -0.05) is 39.8 Å². The second-order valence-corrected chi connectivity index (χ2v) is 18.0. The molecule has 5 rings (SSSR count). The number of likely N-dealkylation sites (N-methyl/N-ethyl adjacent to an activating group) is 1. The molecule has 3 aliphatic rings. The summed E-state index contributed by atoms with van der Waals surface area (Å²) in [6.07, 6.45) is 5.54. The van der Waals surface area contributed by atoms with Gasteiger partial charge in [0, 0.05) is 61.7 Å². The van der Waals surface area contributed by atoms with Crippen molar-refractivity contribution in [3.05, 3.63) is 49.2 Å². The molecule has 1 amide bonds. The number of rotatable bonds is 11. The predicted molar refractivity (Wildman–Crippen MR) is 223 cm³/mol. The van der Waals surface area contributed by atoms with Crippen LogP contribution in [0.4, 0.5) is 4.79 Å². The van der Waals surface area contributed by atoms with Gasteiger partial charge < -0.3 is 43.2 Å². The van der Waals surface area contributed by atoms with Crippen LogP contribution in [-0.2, 0) is 33.3 Å². The molecule has 3 fully saturated rings.